The molecular formula is C20H41N. The SMILES string of the molecule is C=C(C)NC(CCCCCCCC)CCCCCCCC. The molecule has 0 aromatic carbocycles. The summed E-state index contributed by atoms with van der Waals surface area (Å²) in [6.07, 6.45) is 19.4. The van der Waals surface area contributed by atoms with E-state index in [4.69, 9.17) is 0 Å². The van der Waals surface area contributed by atoms with E-state index in [1.54, 1.807) is 0 Å². The van der Waals surface area contributed by atoms with Crippen LogP contribution in [0.2, 0.25) is 0 Å². The average Bonchev–Trinajstić information content (AvgIpc) is 2.45. The maximum absolute atomic E-state index is 4.02. The lowest BCUT2D eigenvalue weighted by Gasteiger charge is -2.20. The van der Waals surface area contributed by atoms with Gasteiger partial charge in [0, 0.05) is 11.7 Å². The number of rotatable bonds is 16. The minimum Gasteiger partial charge on any atom is -0.386 e. The van der Waals surface area contributed by atoms with Gasteiger partial charge in [-0.25, -0.2) is 0 Å². The Morgan fingerprint density at radius 1 is 0.714 bits per heavy atom. The maximum atomic E-state index is 4.02. The van der Waals surface area contributed by atoms with Crippen LogP contribution in [-0.4, -0.2) is 6.04 Å². The highest BCUT2D eigenvalue weighted by Gasteiger charge is 2.07. The second kappa shape index (κ2) is 15.9. The monoisotopic (exact) mass is 295 g/mol. The first-order valence-electron chi connectivity index (χ1n) is 9.62. The van der Waals surface area contributed by atoms with Gasteiger partial charge in [-0.1, -0.05) is 97.5 Å². The minimum atomic E-state index is 0.667. The first-order valence-corrected chi connectivity index (χ1v) is 9.62. The minimum absolute atomic E-state index is 0.667. The van der Waals surface area contributed by atoms with Crippen molar-refractivity contribution < 1.29 is 0 Å². The molecule has 0 rings (SSSR count). The fourth-order valence-electron chi connectivity index (χ4n) is 2.98. The number of nitrogens with one attached hydrogen (secondary N) is 1. The summed E-state index contributed by atoms with van der Waals surface area (Å²) in [5, 5.41) is 3.59. The first kappa shape index (κ1) is 20.5. The van der Waals surface area contributed by atoms with Gasteiger partial charge >= 0.3 is 0 Å². The van der Waals surface area contributed by atoms with Crippen LogP contribution in [0.3, 0.4) is 0 Å². The smallest absolute Gasteiger partial charge is 0.0257 e. The molecule has 0 heterocycles. The summed E-state index contributed by atoms with van der Waals surface area (Å²) >= 11 is 0. The molecule has 1 heteroatoms. The van der Waals surface area contributed by atoms with Crippen LogP contribution >= 0.6 is 0 Å². The van der Waals surface area contributed by atoms with Gasteiger partial charge in [0.25, 0.3) is 0 Å². The highest BCUT2D eigenvalue weighted by atomic mass is 14.9. The molecule has 0 aliphatic rings. The van der Waals surface area contributed by atoms with Crippen molar-refractivity contribution in [2.24, 2.45) is 0 Å². The number of allylic oxidation sites excluding steroid dienone is 1. The zero-order valence-electron chi connectivity index (χ0n) is 15.2. The predicted molar refractivity (Wildman–Crippen MR) is 97.7 cm³/mol. The Hall–Kier alpha value is -0.460. The van der Waals surface area contributed by atoms with Crippen LogP contribution < -0.4 is 5.32 Å². The molecule has 0 spiro atoms. The molecule has 0 saturated heterocycles. The average molecular weight is 296 g/mol. The van der Waals surface area contributed by atoms with Gasteiger partial charge in [0.2, 0.25) is 0 Å². The summed E-state index contributed by atoms with van der Waals surface area (Å²) in [6, 6.07) is 0.667. The van der Waals surface area contributed by atoms with Crippen LogP contribution in [0.4, 0.5) is 0 Å². The molecule has 1 nitrogen and oxygen atoms in total. The zero-order chi connectivity index (χ0) is 15.8. The van der Waals surface area contributed by atoms with Crippen LogP contribution in [0.15, 0.2) is 12.3 Å². The van der Waals surface area contributed by atoms with Gasteiger partial charge in [-0.05, 0) is 19.8 Å². The molecule has 0 atom stereocenters. The van der Waals surface area contributed by atoms with Crippen molar-refractivity contribution in [1.82, 2.24) is 5.32 Å². The normalized spacial score (nSPS) is 11.0. The van der Waals surface area contributed by atoms with Crippen molar-refractivity contribution in [2.75, 3.05) is 0 Å². The van der Waals surface area contributed by atoms with Crippen molar-refractivity contribution in [2.45, 2.75) is 117 Å². The van der Waals surface area contributed by atoms with Crippen molar-refractivity contribution in [1.29, 1.82) is 0 Å². The molecule has 1 N–H and O–H groups in total. The van der Waals surface area contributed by atoms with Crippen LogP contribution in [0.25, 0.3) is 0 Å². The summed E-state index contributed by atoms with van der Waals surface area (Å²) in [6.45, 7) is 10.7. The lowest BCUT2D eigenvalue weighted by Crippen LogP contribution is -2.27. The molecule has 0 bridgehead atoms. The van der Waals surface area contributed by atoms with Gasteiger partial charge < -0.3 is 5.32 Å². The third-order valence-corrected chi connectivity index (χ3v) is 4.26. The molecule has 0 aliphatic carbocycles. The fraction of sp³-hybridized carbons (Fsp3) is 0.900. The third kappa shape index (κ3) is 15.7. The van der Waals surface area contributed by atoms with Crippen molar-refractivity contribution >= 4 is 0 Å². The number of hydrogen-bond donors (Lipinski definition) is 1. The zero-order valence-corrected chi connectivity index (χ0v) is 15.2. The Balaban J connectivity index is 3.64. The second-order valence-electron chi connectivity index (χ2n) is 6.73. The Kier molecular flexibility index (Phi) is 15.6. The fourth-order valence-corrected chi connectivity index (χ4v) is 2.98. The van der Waals surface area contributed by atoms with E-state index in [0.717, 1.165) is 5.70 Å². The molecular weight excluding hydrogens is 254 g/mol. The van der Waals surface area contributed by atoms with E-state index >= 15 is 0 Å². The van der Waals surface area contributed by atoms with Crippen LogP contribution in [-0.2, 0) is 0 Å². The molecule has 0 unspecified atom stereocenters. The van der Waals surface area contributed by atoms with Gasteiger partial charge in [0.05, 0.1) is 0 Å². The molecule has 126 valence electrons. The quantitative estimate of drug-likeness (QED) is 0.303. The van der Waals surface area contributed by atoms with Crippen molar-refractivity contribution in [3.63, 3.8) is 0 Å². The van der Waals surface area contributed by atoms with Gasteiger partial charge in [0.15, 0.2) is 0 Å². The summed E-state index contributed by atoms with van der Waals surface area (Å²) in [5.41, 5.74) is 1.14. The largest absolute Gasteiger partial charge is 0.386 e. The molecule has 0 aromatic rings. The topological polar surface area (TPSA) is 12.0 Å². The maximum Gasteiger partial charge on any atom is 0.0257 e. The van der Waals surface area contributed by atoms with E-state index in [9.17, 15) is 0 Å². The summed E-state index contributed by atoms with van der Waals surface area (Å²) < 4.78 is 0. The standard InChI is InChI=1S/C20H41N/c1-5-7-9-11-13-15-17-20(21-19(3)4)18-16-14-12-10-8-6-2/h20-21H,3,5-18H2,1-2,4H3. The lowest BCUT2D eigenvalue weighted by molar-refractivity contribution is 0.438. The van der Waals surface area contributed by atoms with Gasteiger partial charge in [-0.2, -0.15) is 0 Å². The Morgan fingerprint density at radius 3 is 1.48 bits per heavy atom. The Morgan fingerprint density at radius 2 is 1.10 bits per heavy atom. The molecule has 0 aliphatic heterocycles. The van der Waals surface area contributed by atoms with E-state index in [1.165, 1.54) is 89.9 Å². The second-order valence-corrected chi connectivity index (χ2v) is 6.73. The van der Waals surface area contributed by atoms with E-state index < -0.39 is 0 Å². The molecule has 0 aromatic heterocycles. The highest BCUT2D eigenvalue weighted by Crippen LogP contribution is 2.15. The van der Waals surface area contributed by atoms with Crippen molar-refractivity contribution in [3.05, 3.63) is 12.3 Å². The van der Waals surface area contributed by atoms with Gasteiger partial charge in [-0.15, -0.1) is 0 Å². The molecule has 0 radical (unpaired) electrons. The van der Waals surface area contributed by atoms with Crippen LogP contribution in [0.1, 0.15) is 111 Å². The molecule has 0 fully saturated rings. The summed E-state index contributed by atoms with van der Waals surface area (Å²) in [5.74, 6) is 0. The van der Waals surface area contributed by atoms with Crippen LogP contribution in [0.5, 0.6) is 0 Å². The number of hydrogen-bond acceptors (Lipinski definition) is 1. The molecule has 21 heavy (non-hydrogen) atoms. The van der Waals surface area contributed by atoms with E-state index in [-0.39, 0.29) is 0 Å². The third-order valence-electron chi connectivity index (χ3n) is 4.26. The van der Waals surface area contributed by atoms with Crippen molar-refractivity contribution in [3.8, 4) is 0 Å². The van der Waals surface area contributed by atoms with Crippen LogP contribution in [0, 0.1) is 0 Å². The first-order chi connectivity index (χ1) is 10.2. The highest BCUT2D eigenvalue weighted by molar-refractivity contribution is 4.88. The van der Waals surface area contributed by atoms with E-state index in [0.29, 0.717) is 6.04 Å². The lowest BCUT2D eigenvalue weighted by atomic mass is 10.00. The Bertz CT molecular complexity index is 206. The van der Waals surface area contributed by atoms with E-state index in [2.05, 4.69) is 32.7 Å². The van der Waals surface area contributed by atoms with Gasteiger partial charge in [-0.3, -0.25) is 0 Å². The molecule has 0 saturated carbocycles. The predicted octanol–water partition coefficient (Wildman–Crippen LogP) is 6.98. The summed E-state index contributed by atoms with van der Waals surface area (Å²) in [4.78, 5) is 0. The number of unbranched alkanes of at least 4 members (excludes halogenated alkanes) is 10. The van der Waals surface area contributed by atoms with E-state index in [1.807, 2.05) is 0 Å². The Labute approximate surface area is 135 Å². The molecule has 0 amide bonds. The van der Waals surface area contributed by atoms with Gasteiger partial charge in [0.1, 0.15) is 0 Å². The summed E-state index contributed by atoms with van der Waals surface area (Å²) in [7, 11) is 0.